The number of nitrogens with one attached hydrogen (secondary N) is 1. The van der Waals surface area contributed by atoms with Gasteiger partial charge in [0.15, 0.2) is 8.68 Å². The van der Waals surface area contributed by atoms with Crippen molar-refractivity contribution < 1.29 is 4.79 Å². The van der Waals surface area contributed by atoms with Crippen LogP contribution in [0.4, 0.5) is 0 Å². The number of aryl methyl sites for hydroxylation is 1. The number of aromatic nitrogens is 4. The zero-order valence-electron chi connectivity index (χ0n) is 14.1. The maximum Gasteiger partial charge on any atom is 0.230 e. The van der Waals surface area contributed by atoms with Crippen LogP contribution in [0.3, 0.4) is 0 Å². The smallest absolute Gasteiger partial charge is 0.230 e. The van der Waals surface area contributed by atoms with Gasteiger partial charge in [0.2, 0.25) is 5.91 Å². The van der Waals surface area contributed by atoms with Crippen LogP contribution < -0.4 is 5.32 Å². The van der Waals surface area contributed by atoms with Gasteiger partial charge in [0.1, 0.15) is 5.65 Å². The van der Waals surface area contributed by atoms with Gasteiger partial charge in [0.25, 0.3) is 0 Å². The van der Waals surface area contributed by atoms with Crippen molar-refractivity contribution in [2.75, 3.05) is 12.3 Å². The first-order valence-corrected chi connectivity index (χ1v) is 10.7. The highest BCUT2D eigenvalue weighted by Crippen LogP contribution is 2.30. The Morgan fingerprint density at radius 3 is 2.84 bits per heavy atom. The predicted octanol–water partition coefficient (Wildman–Crippen LogP) is 3.40. The summed E-state index contributed by atoms with van der Waals surface area (Å²) in [6, 6.07) is 4.08. The van der Waals surface area contributed by atoms with E-state index < -0.39 is 0 Å². The third-order valence-electron chi connectivity index (χ3n) is 3.28. The van der Waals surface area contributed by atoms with E-state index in [1.807, 2.05) is 23.6 Å². The van der Waals surface area contributed by atoms with Crippen molar-refractivity contribution in [3.63, 3.8) is 0 Å². The molecule has 0 fully saturated rings. The molecule has 1 N–H and O–H groups in total. The Kier molecular flexibility index (Phi) is 6.33. The summed E-state index contributed by atoms with van der Waals surface area (Å²) >= 11 is 4.56. The second-order valence-corrected chi connectivity index (χ2v) is 8.89. The number of nitrogens with zero attached hydrogens (tertiary/aromatic N) is 4. The third-order valence-corrected chi connectivity index (χ3v) is 6.50. The number of carbonyl (C=O) groups excluding carboxylic acids is 1. The van der Waals surface area contributed by atoms with E-state index in [0.29, 0.717) is 5.75 Å². The Labute approximate surface area is 158 Å². The van der Waals surface area contributed by atoms with Gasteiger partial charge < -0.3 is 9.72 Å². The fourth-order valence-electron chi connectivity index (χ4n) is 2.12. The second kappa shape index (κ2) is 8.68. The summed E-state index contributed by atoms with van der Waals surface area (Å²) in [5.74, 6) is 1.17. The number of hydrogen-bond donors (Lipinski definition) is 1. The lowest BCUT2D eigenvalue weighted by Crippen LogP contribution is -2.25. The molecule has 0 bridgehead atoms. The molecule has 132 valence electrons. The molecule has 0 saturated carbocycles. The number of pyridine rings is 1. The fraction of sp³-hybridized carbons (Fsp3) is 0.375. The van der Waals surface area contributed by atoms with Crippen molar-refractivity contribution in [1.82, 2.24) is 24.9 Å². The molecular formula is C16H19N5OS3. The number of thioether (sulfide) groups is 2. The molecule has 25 heavy (non-hydrogen) atoms. The van der Waals surface area contributed by atoms with Gasteiger partial charge in [-0.05, 0) is 25.0 Å². The molecule has 0 saturated heterocycles. The van der Waals surface area contributed by atoms with Crippen molar-refractivity contribution >= 4 is 46.4 Å². The summed E-state index contributed by atoms with van der Waals surface area (Å²) in [4.78, 5) is 16.2. The summed E-state index contributed by atoms with van der Waals surface area (Å²) in [6.07, 6.45) is 5.06. The van der Waals surface area contributed by atoms with Crippen molar-refractivity contribution in [3.8, 4) is 0 Å². The number of fused-ring (bicyclic) bond motifs is 1. The highest BCUT2D eigenvalue weighted by molar-refractivity contribution is 8.03. The molecule has 1 amide bonds. The summed E-state index contributed by atoms with van der Waals surface area (Å²) in [5, 5.41) is 11.2. The molecule has 0 atom stereocenters. The molecule has 9 heteroatoms. The van der Waals surface area contributed by atoms with E-state index in [-0.39, 0.29) is 5.91 Å². The summed E-state index contributed by atoms with van der Waals surface area (Å²) in [7, 11) is 0. The van der Waals surface area contributed by atoms with Gasteiger partial charge in [-0.3, -0.25) is 4.79 Å². The van der Waals surface area contributed by atoms with Crippen molar-refractivity contribution in [2.45, 2.75) is 34.7 Å². The zero-order chi connectivity index (χ0) is 17.6. The lowest BCUT2D eigenvalue weighted by atomic mass is 10.3. The van der Waals surface area contributed by atoms with Crippen LogP contribution >= 0.6 is 34.9 Å². The first-order chi connectivity index (χ1) is 12.1. The Balaban J connectivity index is 1.51. The molecule has 6 nitrogen and oxygen atoms in total. The average Bonchev–Trinajstić information content (AvgIpc) is 3.22. The maximum absolute atomic E-state index is 11.6. The number of imidazole rings is 1. The van der Waals surface area contributed by atoms with E-state index in [4.69, 9.17) is 0 Å². The van der Waals surface area contributed by atoms with Gasteiger partial charge in [-0.25, -0.2) is 4.98 Å². The van der Waals surface area contributed by atoms with Crippen LogP contribution in [0.2, 0.25) is 0 Å². The SMILES string of the molecule is CCCNC(=O)CSc1nnc(SCc2cn3cc(C)ccc3n2)s1. The van der Waals surface area contributed by atoms with Crippen molar-refractivity contribution in [2.24, 2.45) is 0 Å². The van der Waals surface area contributed by atoms with Crippen molar-refractivity contribution in [3.05, 3.63) is 35.8 Å². The highest BCUT2D eigenvalue weighted by atomic mass is 32.2. The number of rotatable bonds is 8. The Hall–Kier alpha value is -1.58. The molecular weight excluding hydrogens is 374 g/mol. The fourth-order valence-corrected chi connectivity index (χ4v) is 4.85. The molecule has 0 aromatic carbocycles. The third kappa shape index (κ3) is 5.20. The van der Waals surface area contributed by atoms with Crippen molar-refractivity contribution in [1.29, 1.82) is 0 Å². The Morgan fingerprint density at radius 1 is 1.24 bits per heavy atom. The van der Waals surface area contributed by atoms with Crippen LogP contribution in [-0.4, -0.2) is 37.8 Å². The van der Waals surface area contributed by atoms with E-state index in [1.54, 1.807) is 11.8 Å². The number of hydrogen-bond acceptors (Lipinski definition) is 7. The standard InChI is InChI=1S/C16H19N5OS3/c1-3-6-17-14(22)10-24-16-20-19-15(25-16)23-9-12-8-21-7-11(2)4-5-13(21)18-12/h4-5,7-8H,3,6,9-10H2,1-2H3,(H,17,22). The first-order valence-electron chi connectivity index (χ1n) is 7.94. The average molecular weight is 394 g/mol. The lowest BCUT2D eigenvalue weighted by molar-refractivity contribution is -0.118. The quantitative estimate of drug-likeness (QED) is 0.591. The van der Waals surface area contributed by atoms with Crippen LogP contribution in [0, 0.1) is 6.92 Å². The van der Waals surface area contributed by atoms with Crippen LogP contribution in [0.25, 0.3) is 5.65 Å². The molecule has 3 aromatic rings. The molecule has 0 spiro atoms. The first kappa shape index (κ1) is 18.2. The van der Waals surface area contributed by atoms with Crippen LogP contribution in [-0.2, 0) is 10.5 Å². The summed E-state index contributed by atoms with van der Waals surface area (Å²) in [5.41, 5.74) is 3.17. The molecule has 0 unspecified atom stereocenters. The van der Waals surface area contributed by atoms with E-state index >= 15 is 0 Å². The molecule has 3 aromatic heterocycles. The molecule has 0 aliphatic carbocycles. The molecule has 3 heterocycles. The summed E-state index contributed by atoms with van der Waals surface area (Å²) in [6.45, 7) is 4.82. The maximum atomic E-state index is 11.6. The van der Waals surface area contributed by atoms with Gasteiger partial charge >= 0.3 is 0 Å². The number of amides is 1. The minimum absolute atomic E-state index is 0.0382. The molecule has 0 radical (unpaired) electrons. The molecule has 0 aliphatic heterocycles. The largest absolute Gasteiger partial charge is 0.355 e. The van der Waals surface area contributed by atoms with E-state index in [0.717, 1.165) is 38.7 Å². The van der Waals surface area contributed by atoms with Crippen LogP contribution in [0.5, 0.6) is 0 Å². The van der Waals surface area contributed by atoms with Crippen LogP contribution in [0.15, 0.2) is 33.2 Å². The van der Waals surface area contributed by atoms with E-state index in [2.05, 4.69) is 39.7 Å². The summed E-state index contributed by atoms with van der Waals surface area (Å²) < 4.78 is 3.76. The molecule has 3 rings (SSSR count). The van der Waals surface area contributed by atoms with Gasteiger partial charge in [-0.15, -0.1) is 10.2 Å². The molecule has 0 aliphatic rings. The van der Waals surface area contributed by atoms with Gasteiger partial charge in [-0.1, -0.05) is 47.9 Å². The Morgan fingerprint density at radius 2 is 2.04 bits per heavy atom. The monoisotopic (exact) mass is 393 g/mol. The van der Waals surface area contributed by atoms with E-state index in [1.165, 1.54) is 28.7 Å². The Bertz CT molecular complexity index is 860. The lowest BCUT2D eigenvalue weighted by Gasteiger charge is -2.00. The minimum Gasteiger partial charge on any atom is -0.355 e. The topological polar surface area (TPSA) is 72.2 Å². The zero-order valence-corrected chi connectivity index (χ0v) is 16.5. The van der Waals surface area contributed by atoms with Gasteiger partial charge in [0, 0.05) is 24.7 Å². The van der Waals surface area contributed by atoms with Crippen LogP contribution in [0.1, 0.15) is 24.6 Å². The van der Waals surface area contributed by atoms with E-state index in [9.17, 15) is 4.79 Å². The minimum atomic E-state index is 0.0382. The highest BCUT2D eigenvalue weighted by Gasteiger charge is 2.10. The van der Waals surface area contributed by atoms with Gasteiger partial charge in [-0.2, -0.15) is 0 Å². The normalized spacial score (nSPS) is 11.1. The second-order valence-electron chi connectivity index (χ2n) is 5.47. The number of carbonyl (C=O) groups is 1. The predicted molar refractivity (Wildman–Crippen MR) is 103 cm³/mol. The van der Waals surface area contributed by atoms with Gasteiger partial charge in [0.05, 0.1) is 11.4 Å².